The van der Waals surface area contributed by atoms with E-state index in [1.165, 1.54) is 0 Å². The van der Waals surface area contributed by atoms with Crippen LogP contribution in [0.4, 0.5) is 0 Å². The molecule has 17 heavy (non-hydrogen) atoms. The SMILES string of the molecule is CC(C)[C@H](N)C(=O)O.CC(C)[C@H](N)C(=O)O.[Ni]. The Morgan fingerprint density at radius 3 is 1.00 bits per heavy atom. The molecule has 0 rings (SSSR count). The standard InChI is InChI=1S/2C5H11NO2.Ni/c2*1-3(2)4(6)5(7)8;/h2*3-4H,6H2,1-2H3,(H,7,8);/t2*4-;/m00./s1. The van der Waals surface area contributed by atoms with Crippen molar-refractivity contribution in [2.45, 2.75) is 39.8 Å². The van der Waals surface area contributed by atoms with Crippen molar-refractivity contribution in [2.24, 2.45) is 23.3 Å². The first kappa shape index (κ1) is 21.6. The monoisotopic (exact) mass is 292 g/mol. The quantitative estimate of drug-likeness (QED) is 0.545. The number of nitrogens with two attached hydrogens (primary N) is 2. The number of carbonyl (C=O) groups is 2. The van der Waals surface area contributed by atoms with E-state index in [1.807, 2.05) is 0 Å². The molecule has 0 bridgehead atoms. The molecular formula is C10H22N2NiO4. The molecule has 7 heteroatoms. The van der Waals surface area contributed by atoms with Gasteiger partial charge in [0.25, 0.3) is 0 Å². The van der Waals surface area contributed by atoms with Crippen LogP contribution in [0, 0.1) is 11.8 Å². The van der Waals surface area contributed by atoms with Crippen LogP contribution in [0.3, 0.4) is 0 Å². The van der Waals surface area contributed by atoms with Crippen molar-refractivity contribution in [3.05, 3.63) is 0 Å². The molecule has 0 saturated carbocycles. The molecule has 0 fully saturated rings. The minimum atomic E-state index is -0.931. The van der Waals surface area contributed by atoms with Crippen LogP contribution in [0.1, 0.15) is 27.7 Å². The molecule has 6 nitrogen and oxygen atoms in total. The molecule has 0 unspecified atom stereocenters. The minimum absolute atomic E-state index is 0. The van der Waals surface area contributed by atoms with E-state index in [1.54, 1.807) is 27.7 Å². The van der Waals surface area contributed by atoms with Gasteiger partial charge in [0.15, 0.2) is 0 Å². The smallest absolute Gasteiger partial charge is 0.320 e. The van der Waals surface area contributed by atoms with Gasteiger partial charge in [-0.3, -0.25) is 9.59 Å². The number of aliphatic carboxylic acids is 2. The molecule has 106 valence electrons. The van der Waals surface area contributed by atoms with E-state index in [-0.39, 0.29) is 28.3 Å². The zero-order chi connectivity index (χ0) is 13.5. The molecule has 0 aliphatic carbocycles. The van der Waals surface area contributed by atoms with Crippen molar-refractivity contribution in [3.63, 3.8) is 0 Å². The summed E-state index contributed by atoms with van der Waals surface area (Å²) in [5.74, 6) is -1.82. The van der Waals surface area contributed by atoms with Gasteiger partial charge >= 0.3 is 11.9 Å². The van der Waals surface area contributed by atoms with Crippen LogP contribution in [0.2, 0.25) is 0 Å². The predicted octanol–water partition coefficient (Wildman–Crippen LogP) is 0.106. The first-order chi connectivity index (χ1) is 7.11. The van der Waals surface area contributed by atoms with Crippen molar-refractivity contribution < 1.29 is 36.3 Å². The predicted molar refractivity (Wildman–Crippen MR) is 60.9 cm³/mol. The Hall–Kier alpha value is -0.646. The van der Waals surface area contributed by atoms with Gasteiger partial charge in [0, 0.05) is 16.5 Å². The number of rotatable bonds is 4. The fourth-order valence-corrected chi connectivity index (χ4v) is 0.570. The third-order valence-electron chi connectivity index (χ3n) is 2.01. The minimum Gasteiger partial charge on any atom is -0.480 e. The topological polar surface area (TPSA) is 127 Å². The molecule has 0 amide bonds. The van der Waals surface area contributed by atoms with Crippen LogP contribution >= 0.6 is 0 Å². The van der Waals surface area contributed by atoms with E-state index in [4.69, 9.17) is 21.7 Å². The third-order valence-corrected chi connectivity index (χ3v) is 2.01. The molecule has 0 aliphatic heterocycles. The number of hydrogen-bond donors (Lipinski definition) is 4. The summed E-state index contributed by atoms with van der Waals surface area (Å²) < 4.78 is 0. The zero-order valence-electron chi connectivity index (χ0n) is 10.5. The van der Waals surface area contributed by atoms with E-state index in [0.717, 1.165) is 0 Å². The van der Waals surface area contributed by atoms with Crippen LogP contribution in [0.15, 0.2) is 0 Å². The number of carboxylic acid groups (broad SMARTS) is 2. The third kappa shape index (κ3) is 11.6. The Bertz CT molecular complexity index is 210. The summed E-state index contributed by atoms with van der Waals surface area (Å²) in [7, 11) is 0. The summed E-state index contributed by atoms with van der Waals surface area (Å²) in [6.45, 7) is 7.11. The van der Waals surface area contributed by atoms with Gasteiger partial charge in [0.2, 0.25) is 0 Å². The van der Waals surface area contributed by atoms with Gasteiger partial charge in [0.1, 0.15) is 12.1 Å². The van der Waals surface area contributed by atoms with E-state index in [2.05, 4.69) is 0 Å². The van der Waals surface area contributed by atoms with Crippen LogP contribution in [-0.4, -0.2) is 34.2 Å². The van der Waals surface area contributed by atoms with Gasteiger partial charge in [-0.1, -0.05) is 27.7 Å². The van der Waals surface area contributed by atoms with Crippen LogP contribution in [0.25, 0.3) is 0 Å². The molecular weight excluding hydrogens is 271 g/mol. The molecule has 0 saturated heterocycles. The molecule has 0 radical (unpaired) electrons. The van der Waals surface area contributed by atoms with Gasteiger partial charge < -0.3 is 21.7 Å². The van der Waals surface area contributed by atoms with Crippen LogP contribution < -0.4 is 11.5 Å². The van der Waals surface area contributed by atoms with Crippen molar-refractivity contribution in [2.75, 3.05) is 0 Å². The van der Waals surface area contributed by atoms with Crippen molar-refractivity contribution in [3.8, 4) is 0 Å². The van der Waals surface area contributed by atoms with E-state index < -0.39 is 24.0 Å². The summed E-state index contributed by atoms with van der Waals surface area (Å²) >= 11 is 0. The largest absolute Gasteiger partial charge is 0.480 e. The molecule has 0 aliphatic rings. The van der Waals surface area contributed by atoms with Gasteiger partial charge in [-0.05, 0) is 11.8 Å². The zero-order valence-corrected chi connectivity index (χ0v) is 11.5. The maximum absolute atomic E-state index is 10.0. The average molecular weight is 293 g/mol. The van der Waals surface area contributed by atoms with Gasteiger partial charge in [-0.2, -0.15) is 0 Å². The maximum Gasteiger partial charge on any atom is 0.320 e. The molecule has 0 heterocycles. The van der Waals surface area contributed by atoms with E-state index >= 15 is 0 Å². The normalized spacial score (nSPS) is 13.2. The Labute approximate surface area is 112 Å². The fourth-order valence-electron chi connectivity index (χ4n) is 0.570. The Morgan fingerprint density at radius 1 is 0.824 bits per heavy atom. The second kappa shape index (κ2) is 10.5. The average Bonchev–Trinajstić information content (AvgIpc) is 2.15. The first-order valence-corrected chi connectivity index (χ1v) is 5.08. The Kier molecular flexibility index (Phi) is 13.4. The summed E-state index contributed by atoms with van der Waals surface area (Å²) in [6.07, 6.45) is 0. The summed E-state index contributed by atoms with van der Waals surface area (Å²) in [5.41, 5.74) is 10.3. The molecule has 0 aromatic carbocycles. The Morgan fingerprint density at radius 2 is 1.00 bits per heavy atom. The second-order valence-corrected chi connectivity index (χ2v) is 4.22. The first-order valence-electron chi connectivity index (χ1n) is 5.08. The maximum atomic E-state index is 10.0. The van der Waals surface area contributed by atoms with Crippen molar-refractivity contribution in [1.82, 2.24) is 0 Å². The number of carboxylic acids is 2. The van der Waals surface area contributed by atoms with Gasteiger partial charge in [-0.25, -0.2) is 0 Å². The summed E-state index contributed by atoms with van der Waals surface area (Å²) in [6, 6.07) is -1.43. The van der Waals surface area contributed by atoms with E-state index in [9.17, 15) is 9.59 Å². The second-order valence-electron chi connectivity index (χ2n) is 4.22. The summed E-state index contributed by atoms with van der Waals surface area (Å²) in [5, 5.41) is 16.5. The Balaban J connectivity index is -0.000000218. The number of hydrogen-bond acceptors (Lipinski definition) is 4. The van der Waals surface area contributed by atoms with Crippen molar-refractivity contribution in [1.29, 1.82) is 0 Å². The van der Waals surface area contributed by atoms with Crippen molar-refractivity contribution >= 4 is 11.9 Å². The van der Waals surface area contributed by atoms with Crippen LogP contribution in [-0.2, 0) is 26.1 Å². The van der Waals surface area contributed by atoms with Crippen LogP contribution in [0.5, 0.6) is 0 Å². The van der Waals surface area contributed by atoms with E-state index in [0.29, 0.717) is 0 Å². The molecule has 0 aromatic heterocycles. The summed E-state index contributed by atoms with van der Waals surface area (Å²) in [4.78, 5) is 20.0. The molecule has 0 aromatic rings. The molecule has 6 N–H and O–H groups in total. The van der Waals surface area contributed by atoms with Gasteiger partial charge in [-0.15, -0.1) is 0 Å². The molecule has 0 spiro atoms. The van der Waals surface area contributed by atoms with Gasteiger partial charge in [0.05, 0.1) is 0 Å². The molecule has 2 atom stereocenters. The fraction of sp³-hybridized carbons (Fsp3) is 0.800.